The first-order valence-corrected chi connectivity index (χ1v) is 9.88. The molecule has 2 aromatic heterocycles. The number of carbonyl (C=O) groups excluding carboxylic acids is 1. The smallest absolute Gasteiger partial charge is 0.233 e. The zero-order chi connectivity index (χ0) is 21.2. The first-order valence-electron chi connectivity index (χ1n) is 9.88. The Balaban J connectivity index is 1.39. The highest BCUT2D eigenvalue weighted by Gasteiger charge is 2.19. The zero-order valence-corrected chi connectivity index (χ0v) is 16.5. The third kappa shape index (κ3) is 4.24. The second-order valence-corrected chi connectivity index (χ2v) is 7.31. The number of benzene rings is 2. The Kier molecular flexibility index (Phi) is 5.05. The fourth-order valence-corrected chi connectivity index (χ4v) is 3.25. The number of fused-ring (bicyclic) bond motifs is 1. The van der Waals surface area contributed by atoms with Crippen molar-refractivity contribution in [2.45, 2.75) is 12.5 Å². The van der Waals surface area contributed by atoms with Gasteiger partial charge in [-0.15, -0.1) is 0 Å². The highest BCUT2D eigenvalue weighted by Crippen LogP contribution is 2.23. The lowest BCUT2D eigenvalue weighted by molar-refractivity contribution is 0.0991. The topological polar surface area (TPSA) is 89.9 Å². The van der Waals surface area contributed by atoms with Gasteiger partial charge in [0.05, 0.1) is 30.0 Å². The van der Waals surface area contributed by atoms with Crippen molar-refractivity contribution in [3.63, 3.8) is 0 Å². The minimum Gasteiger partial charge on any atom is -0.471 e. The maximum atomic E-state index is 13.1. The predicted molar refractivity (Wildman–Crippen MR) is 112 cm³/mol. The van der Waals surface area contributed by atoms with Crippen LogP contribution in [0.15, 0.2) is 61.1 Å². The van der Waals surface area contributed by atoms with E-state index in [1.807, 2.05) is 18.2 Å². The lowest BCUT2D eigenvalue weighted by atomic mass is 10.1. The summed E-state index contributed by atoms with van der Waals surface area (Å²) in [5.41, 5.74) is 2.64. The third-order valence-electron chi connectivity index (χ3n) is 5.06. The van der Waals surface area contributed by atoms with Gasteiger partial charge >= 0.3 is 0 Å². The highest BCUT2D eigenvalue weighted by molar-refractivity contribution is 5.97. The molecule has 4 aromatic rings. The van der Waals surface area contributed by atoms with E-state index >= 15 is 0 Å². The number of Topliss-reactive ketones (excluding diaryl/α,β-unsaturated/α-hetero) is 1. The van der Waals surface area contributed by atoms with Crippen LogP contribution in [0.5, 0.6) is 5.88 Å². The van der Waals surface area contributed by atoms with Crippen molar-refractivity contribution >= 4 is 16.7 Å². The Morgan fingerprint density at radius 3 is 2.68 bits per heavy atom. The largest absolute Gasteiger partial charge is 0.471 e. The number of ketones is 1. The maximum absolute atomic E-state index is 13.1. The molecule has 0 unspecified atom stereocenters. The first-order chi connectivity index (χ1) is 15.1. The van der Waals surface area contributed by atoms with E-state index in [0.29, 0.717) is 28.5 Å². The van der Waals surface area contributed by atoms with E-state index in [0.717, 1.165) is 24.0 Å². The minimum atomic E-state index is -0.382. The summed E-state index contributed by atoms with van der Waals surface area (Å²) in [6, 6.07) is 11.2. The van der Waals surface area contributed by atoms with Gasteiger partial charge in [-0.1, -0.05) is 12.1 Å². The summed E-state index contributed by atoms with van der Waals surface area (Å²) in [7, 11) is 0. The van der Waals surface area contributed by atoms with Gasteiger partial charge in [0.2, 0.25) is 5.88 Å². The van der Waals surface area contributed by atoms with Crippen LogP contribution in [0.25, 0.3) is 22.2 Å². The van der Waals surface area contributed by atoms with E-state index in [1.165, 1.54) is 24.3 Å². The number of ether oxygens (including phenoxy) is 1. The predicted octanol–water partition coefficient (Wildman–Crippen LogP) is 3.00. The van der Waals surface area contributed by atoms with E-state index in [4.69, 9.17) is 4.74 Å². The molecule has 0 spiro atoms. The molecule has 1 aliphatic heterocycles. The Morgan fingerprint density at radius 1 is 1.06 bits per heavy atom. The standard InChI is InChI=1S/C23H18FN5O2/c24-17-5-3-14(4-6-17)21(30)8-22-27-9-16-2-1-15(7-19(16)28-22)20-12-26-13-23(29-20)31-18-10-25-11-18/h1-7,9,12-13,18,25H,8,10-11H2. The van der Waals surface area contributed by atoms with Crippen LogP contribution in [0, 0.1) is 5.82 Å². The van der Waals surface area contributed by atoms with Crippen LogP contribution in [0.3, 0.4) is 0 Å². The van der Waals surface area contributed by atoms with Crippen molar-refractivity contribution in [3.8, 4) is 17.1 Å². The van der Waals surface area contributed by atoms with E-state index < -0.39 is 0 Å². The summed E-state index contributed by atoms with van der Waals surface area (Å²) >= 11 is 0. The molecule has 154 valence electrons. The van der Waals surface area contributed by atoms with Crippen molar-refractivity contribution in [3.05, 3.63) is 78.3 Å². The zero-order valence-electron chi connectivity index (χ0n) is 16.5. The van der Waals surface area contributed by atoms with Gasteiger partial charge in [0.1, 0.15) is 17.7 Å². The van der Waals surface area contributed by atoms with Crippen LogP contribution in [-0.4, -0.2) is 44.9 Å². The molecule has 31 heavy (non-hydrogen) atoms. The molecule has 0 atom stereocenters. The minimum absolute atomic E-state index is 0.0321. The van der Waals surface area contributed by atoms with Gasteiger partial charge in [-0.2, -0.15) is 0 Å². The van der Waals surface area contributed by atoms with Crippen LogP contribution in [0.1, 0.15) is 16.2 Å². The summed E-state index contributed by atoms with van der Waals surface area (Å²) in [5.74, 6) is 0.335. The summed E-state index contributed by atoms with van der Waals surface area (Å²) in [6.07, 6.45) is 5.12. The van der Waals surface area contributed by atoms with Gasteiger partial charge in [-0.3, -0.25) is 9.78 Å². The second-order valence-electron chi connectivity index (χ2n) is 7.31. The Bertz CT molecular complexity index is 1260. The van der Waals surface area contributed by atoms with Gasteiger partial charge in [0.15, 0.2) is 5.78 Å². The molecular formula is C23H18FN5O2. The molecule has 0 bridgehead atoms. The van der Waals surface area contributed by atoms with Crippen molar-refractivity contribution in [2.75, 3.05) is 13.1 Å². The van der Waals surface area contributed by atoms with Crippen LogP contribution in [-0.2, 0) is 6.42 Å². The van der Waals surface area contributed by atoms with E-state index in [2.05, 4.69) is 25.3 Å². The molecule has 3 heterocycles. The lowest BCUT2D eigenvalue weighted by Crippen LogP contribution is -2.50. The maximum Gasteiger partial charge on any atom is 0.233 e. The monoisotopic (exact) mass is 415 g/mol. The molecule has 1 N–H and O–H groups in total. The highest BCUT2D eigenvalue weighted by atomic mass is 19.1. The van der Waals surface area contributed by atoms with Crippen molar-refractivity contribution in [2.24, 2.45) is 0 Å². The van der Waals surface area contributed by atoms with Crippen molar-refractivity contribution in [1.29, 1.82) is 0 Å². The Morgan fingerprint density at radius 2 is 1.90 bits per heavy atom. The molecule has 8 heteroatoms. The molecule has 1 saturated heterocycles. The summed E-state index contributed by atoms with van der Waals surface area (Å²) in [6.45, 7) is 1.61. The van der Waals surface area contributed by atoms with Crippen LogP contribution >= 0.6 is 0 Å². The fourth-order valence-electron chi connectivity index (χ4n) is 3.25. The van der Waals surface area contributed by atoms with Gasteiger partial charge in [0.25, 0.3) is 0 Å². The molecule has 1 fully saturated rings. The molecule has 7 nitrogen and oxygen atoms in total. The average molecular weight is 415 g/mol. The molecule has 5 rings (SSSR count). The molecule has 0 radical (unpaired) electrons. The molecule has 2 aromatic carbocycles. The normalized spacial score (nSPS) is 13.7. The molecule has 1 aliphatic rings. The number of nitrogens with zero attached hydrogens (tertiary/aromatic N) is 4. The van der Waals surface area contributed by atoms with Crippen LogP contribution in [0.2, 0.25) is 0 Å². The Labute approximate surface area is 177 Å². The number of hydrogen-bond acceptors (Lipinski definition) is 7. The fraction of sp³-hybridized carbons (Fsp3) is 0.174. The third-order valence-corrected chi connectivity index (χ3v) is 5.06. The van der Waals surface area contributed by atoms with Gasteiger partial charge in [0, 0.05) is 35.8 Å². The number of rotatable bonds is 6. The summed E-state index contributed by atoms with van der Waals surface area (Å²) in [5, 5.41) is 4.00. The summed E-state index contributed by atoms with van der Waals surface area (Å²) < 4.78 is 18.9. The molecule has 0 saturated carbocycles. The van der Waals surface area contributed by atoms with Gasteiger partial charge in [-0.05, 0) is 30.3 Å². The van der Waals surface area contributed by atoms with Crippen molar-refractivity contribution in [1.82, 2.24) is 25.3 Å². The number of carbonyl (C=O) groups is 1. The summed E-state index contributed by atoms with van der Waals surface area (Å²) in [4.78, 5) is 30.1. The number of nitrogens with one attached hydrogen (secondary N) is 1. The molecule has 0 amide bonds. The van der Waals surface area contributed by atoms with Gasteiger partial charge < -0.3 is 10.1 Å². The number of aromatic nitrogens is 4. The first kappa shape index (κ1) is 19.2. The van der Waals surface area contributed by atoms with E-state index in [1.54, 1.807) is 18.6 Å². The molecule has 0 aliphatic carbocycles. The quantitative estimate of drug-likeness (QED) is 0.484. The Hall–Kier alpha value is -3.78. The van der Waals surface area contributed by atoms with Crippen LogP contribution < -0.4 is 10.1 Å². The average Bonchev–Trinajstić information content (AvgIpc) is 2.76. The number of halogens is 1. The van der Waals surface area contributed by atoms with E-state index in [9.17, 15) is 9.18 Å². The SMILES string of the molecule is O=C(Cc1ncc2ccc(-c3cncc(OC4CNC4)n3)cc2n1)c1ccc(F)cc1. The number of hydrogen-bond donors (Lipinski definition) is 1. The molecular weight excluding hydrogens is 397 g/mol. The van der Waals surface area contributed by atoms with E-state index in [-0.39, 0.29) is 24.1 Å². The van der Waals surface area contributed by atoms with Crippen LogP contribution in [0.4, 0.5) is 4.39 Å². The second kappa shape index (κ2) is 8.16. The van der Waals surface area contributed by atoms with Gasteiger partial charge in [-0.25, -0.2) is 19.3 Å². The van der Waals surface area contributed by atoms with Crippen molar-refractivity contribution < 1.29 is 13.9 Å². The lowest BCUT2D eigenvalue weighted by Gasteiger charge is -2.27.